The molecule has 1 aromatic rings. The molecular weight excluding hydrogens is 332 g/mol. The number of unbranched alkanes of at least 4 members (excludes halogenated alkanes) is 1. The lowest BCUT2D eigenvalue weighted by Crippen LogP contribution is -2.50. The molecule has 1 aromatic carbocycles. The zero-order valence-electron chi connectivity index (χ0n) is 12.3. The fourth-order valence-corrected chi connectivity index (χ4v) is 2.90. The summed E-state index contributed by atoms with van der Waals surface area (Å²) in [5, 5.41) is 0. The Labute approximate surface area is 134 Å². The van der Waals surface area contributed by atoms with Crippen molar-refractivity contribution in [3.8, 4) is 0 Å². The molecule has 1 fully saturated rings. The summed E-state index contributed by atoms with van der Waals surface area (Å²) in [6, 6.07) is 7.46. The average molecular weight is 353 g/mol. The zero-order chi connectivity index (χ0) is 15.2. The van der Waals surface area contributed by atoms with Gasteiger partial charge in [-0.05, 0) is 34.5 Å². The van der Waals surface area contributed by atoms with E-state index in [1.807, 2.05) is 34.1 Å². The Morgan fingerprint density at radius 1 is 1.10 bits per heavy atom. The quantitative estimate of drug-likeness (QED) is 0.835. The van der Waals surface area contributed by atoms with Crippen molar-refractivity contribution < 1.29 is 9.59 Å². The number of piperazine rings is 1. The summed E-state index contributed by atoms with van der Waals surface area (Å²) in [5.74, 6) is 0.243. The molecular formula is C16H21BrN2O2. The molecule has 0 bridgehead atoms. The molecule has 2 rings (SSSR count). The van der Waals surface area contributed by atoms with E-state index >= 15 is 0 Å². The number of hydrogen-bond acceptors (Lipinski definition) is 2. The van der Waals surface area contributed by atoms with Crippen LogP contribution in [0.4, 0.5) is 0 Å². The van der Waals surface area contributed by atoms with Gasteiger partial charge in [-0.2, -0.15) is 0 Å². The minimum atomic E-state index is 0.0307. The van der Waals surface area contributed by atoms with Gasteiger partial charge in [0, 0.05) is 37.1 Å². The molecule has 1 aliphatic rings. The molecule has 1 aliphatic heterocycles. The lowest BCUT2D eigenvalue weighted by atomic mass is 10.1. The molecule has 0 aromatic heterocycles. The number of amides is 2. The van der Waals surface area contributed by atoms with Gasteiger partial charge in [0.1, 0.15) is 0 Å². The van der Waals surface area contributed by atoms with Crippen molar-refractivity contribution in [3.05, 3.63) is 34.3 Å². The first-order valence-electron chi connectivity index (χ1n) is 7.45. The average Bonchev–Trinajstić information content (AvgIpc) is 2.52. The lowest BCUT2D eigenvalue weighted by molar-refractivity contribution is -0.132. The van der Waals surface area contributed by atoms with E-state index in [1.165, 1.54) is 0 Å². The van der Waals surface area contributed by atoms with Crippen molar-refractivity contribution in [3.63, 3.8) is 0 Å². The fraction of sp³-hybridized carbons (Fsp3) is 0.500. The largest absolute Gasteiger partial charge is 0.339 e. The van der Waals surface area contributed by atoms with Gasteiger partial charge in [0.15, 0.2) is 0 Å². The third-order valence-corrected chi connectivity index (χ3v) is 4.46. The van der Waals surface area contributed by atoms with Crippen molar-refractivity contribution in [1.82, 2.24) is 9.80 Å². The number of hydrogen-bond donors (Lipinski definition) is 0. The van der Waals surface area contributed by atoms with Crippen LogP contribution in [0.1, 0.15) is 36.5 Å². The summed E-state index contributed by atoms with van der Waals surface area (Å²) in [7, 11) is 0. The minimum Gasteiger partial charge on any atom is -0.339 e. The van der Waals surface area contributed by atoms with Gasteiger partial charge in [-0.15, -0.1) is 0 Å². The second-order valence-corrected chi connectivity index (χ2v) is 6.11. The molecule has 0 radical (unpaired) electrons. The molecule has 4 nitrogen and oxygen atoms in total. The van der Waals surface area contributed by atoms with E-state index in [9.17, 15) is 9.59 Å². The third kappa shape index (κ3) is 4.06. The van der Waals surface area contributed by atoms with E-state index in [1.54, 1.807) is 0 Å². The van der Waals surface area contributed by atoms with Gasteiger partial charge in [0.2, 0.25) is 5.91 Å². The number of carbonyl (C=O) groups excluding carboxylic acids is 2. The molecule has 0 saturated carbocycles. The fourth-order valence-electron chi connectivity index (χ4n) is 2.45. The summed E-state index contributed by atoms with van der Waals surface area (Å²) in [6.45, 7) is 4.58. The van der Waals surface area contributed by atoms with Crippen LogP contribution in [0.25, 0.3) is 0 Å². The maximum atomic E-state index is 12.5. The van der Waals surface area contributed by atoms with Crippen LogP contribution in [-0.2, 0) is 4.79 Å². The van der Waals surface area contributed by atoms with Crippen molar-refractivity contribution >= 4 is 27.7 Å². The summed E-state index contributed by atoms with van der Waals surface area (Å²) in [6.07, 6.45) is 2.59. The highest BCUT2D eigenvalue weighted by molar-refractivity contribution is 9.10. The van der Waals surface area contributed by atoms with Gasteiger partial charge in [0.05, 0.1) is 5.56 Å². The lowest BCUT2D eigenvalue weighted by Gasteiger charge is -2.35. The van der Waals surface area contributed by atoms with Crippen molar-refractivity contribution in [2.24, 2.45) is 0 Å². The number of nitrogens with zero attached hydrogens (tertiary/aromatic N) is 2. The van der Waals surface area contributed by atoms with Crippen LogP contribution in [0, 0.1) is 0 Å². The van der Waals surface area contributed by atoms with Crippen LogP contribution >= 0.6 is 15.9 Å². The van der Waals surface area contributed by atoms with Crippen LogP contribution in [0.15, 0.2) is 28.7 Å². The van der Waals surface area contributed by atoms with Gasteiger partial charge in [-0.1, -0.05) is 25.5 Å². The summed E-state index contributed by atoms with van der Waals surface area (Å²) >= 11 is 3.42. The van der Waals surface area contributed by atoms with Crippen LogP contribution < -0.4 is 0 Å². The Morgan fingerprint density at radius 3 is 2.33 bits per heavy atom. The standard InChI is InChI=1S/C16H21BrN2O2/c1-2-3-8-15(20)18-9-11-19(12-10-18)16(21)13-6-4-5-7-14(13)17/h4-7H,2-3,8-12H2,1H3. The second kappa shape index (κ2) is 7.59. The smallest absolute Gasteiger partial charge is 0.255 e. The van der Waals surface area contributed by atoms with Gasteiger partial charge in [0.25, 0.3) is 5.91 Å². The van der Waals surface area contributed by atoms with Crippen LogP contribution in [-0.4, -0.2) is 47.8 Å². The topological polar surface area (TPSA) is 40.6 Å². The van der Waals surface area contributed by atoms with Crippen molar-refractivity contribution in [2.45, 2.75) is 26.2 Å². The van der Waals surface area contributed by atoms with Crippen LogP contribution in [0.2, 0.25) is 0 Å². The van der Waals surface area contributed by atoms with Crippen LogP contribution in [0.5, 0.6) is 0 Å². The van der Waals surface area contributed by atoms with Crippen molar-refractivity contribution in [2.75, 3.05) is 26.2 Å². The summed E-state index contributed by atoms with van der Waals surface area (Å²) in [4.78, 5) is 28.1. The Hall–Kier alpha value is -1.36. The normalized spacial score (nSPS) is 15.1. The summed E-state index contributed by atoms with van der Waals surface area (Å²) < 4.78 is 0.816. The SMILES string of the molecule is CCCCC(=O)N1CCN(C(=O)c2ccccc2Br)CC1. The molecule has 0 aliphatic carbocycles. The van der Waals surface area contributed by atoms with Gasteiger partial charge in [-0.3, -0.25) is 9.59 Å². The molecule has 5 heteroatoms. The predicted octanol–water partition coefficient (Wildman–Crippen LogP) is 2.92. The molecule has 1 saturated heterocycles. The number of benzene rings is 1. The van der Waals surface area contributed by atoms with E-state index in [2.05, 4.69) is 22.9 Å². The molecule has 114 valence electrons. The molecule has 2 amide bonds. The molecule has 0 atom stereocenters. The Morgan fingerprint density at radius 2 is 1.71 bits per heavy atom. The minimum absolute atomic E-state index is 0.0307. The Bertz CT molecular complexity index is 511. The number of rotatable bonds is 4. The summed E-state index contributed by atoms with van der Waals surface area (Å²) in [5.41, 5.74) is 0.684. The molecule has 1 heterocycles. The van der Waals surface area contributed by atoms with Gasteiger partial charge < -0.3 is 9.80 Å². The maximum absolute atomic E-state index is 12.5. The van der Waals surface area contributed by atoms with E-state index < -0.39 is 0 Å². The van der Waals surface area contributed by atoms with E-state index in [4.69, 9.17) is 0 Å². The predicted molar refractivity (Wildman–Crippen MR) is 86.2 cm³/mol. The first-order valence-corrected chi connectivity index (χ1v) is 8.24. The Balaban J connectivity index is 1.91. The third-order valence-electron chi connectivity index (χ3n) is 3.77. The van der Waals surface area contributed by atoms with Gasteiger partial charge in [-0.25, -0.2) is 0 Å². The van der Waals surface area contributed by atoms with E-state index in [0.29, 0.717) is 38.2 Å². The molecule has 0 N–H and O–H groups in total. The van der Waals surface area contributed by atoms with E-state index in [0.717, 1.165) is 17.3 Å². The first-order chi connectivity index (χ1) is 10.1. The maximum Gasteiger partial charge on any atom is 0.255 e. The molecule has 0 spiro atoms. The highest BCUT2D eigenvalue weighted by Crippen LogP contribution is 2.19. The number of halogens is 1. The zero-order valence-corrected chi connectivity index (χ0v) is 13.9. The highest BCUT2D eigenvalue weighted by Gasteiger charge is 2.25. The van der Waals surface area contributed by atoms with Crippen molar-refractivity contribution in [1.29, 1.82) is 0 Å². The second-order valence-electron chi connectivity index (χ2n) is 5.26. The number of carbonyl (C=O) groups is 2. The Kier molecular flexibility index (Phi) is 5.79. The highest BCUT2D eigenvalue weighted by atomic mass is 79.9. The molecule has 0 unspecified atom stereocenters. The molecule has 21 heavy (non-hydrogen) atoms. The first kappa shape index (κ1) is 16.0. The van der Waals surface area contributed by atoms with Gasteiger partial charge >= 0.3 is 0 Å². The van der Waals surface area contributed by atoms with Crippen LogP contribution in [0.3, 0.4) is 0 Å². The monoisotopic (exact) mass is 352 g/mol. The van der Waals surface area contributed by atoms with E-state index in [-0.39, 0.29) is 11.8 Å².